The molecule has 1 N–H and O–H groups in total. The molecule has 19 heavy (non-hydrogen) atoms. The van der Waals surface area contributed by atoms with Crippen LogP contribution in [0.25, 0.3) is 0 Å². The third-order valence-electron chi connectivity index (χ3n) is 4.38. The number of para-hydroxylation sites is 2. The predicted octanol–water partition coefficient (Wildman–Crippen LogP) is 3.20. The van der Waals surface area contributed by atoms with Crippen molar-refractivity contribution in [2.45, 2.75) is 38.7 Å². The number of nitrogens with one attached hydrogen (secondary N) is 1. The Bertz CT molecular complexity index is 421. The first kappa shape index (κ1) is 12.8. The number of ether oxygens (including phenoxy) is 2. The van der Waals surface area contributed by atoms with Gasteiger partial charge in [0.2, 0.25) is 0 Å². The topological polar surface area (TPSA) is 30.5 Å². The molecule has 2 fully saturated rings. The van der Waals surface area contributed by atoms with E-state index >= 15 is 0 Å². The van der Waals surface area contributed by atoms with E-state index in [1.165, 1.54) is 25.7 Å². The molecule has 0 saturated heterocycles. The number of fused-ring (bicyclic) bond motifs is 2. The van der Waals surface area contributed by atoms with E-state index in [4.69, 9.17) is 9.47 Å². The Morgan fingerprint density at radius 2 is 2.00 bits per heavy atom. The molecule has 1 aromatic carbocycles. The van der Waals surface area contributed by atoms with Gasteiger partial charge in [-0.15, -0.1) is 0 Å². The molecule has 1 aromatic rings. The second kappa shape index (κ2) is 5.83. The average molecular weight is 261 g/mol. The molecule has 3 heteroatoms. The summed E-state index contributed by atoms with van der Waals surface area (Å²) in [6.07, 6.45) is 5.75. The van der Waals surface area contributed by atoms with E-state index in [2.05, 4.69) is 12.2 Å². The van der Waals surface area contributed by atoms with Gasteiger partial charge in [0.25, 0.3) is 0 Å². The van der Waals surface area contributed by atoms with E-state index in [9.17, 15) is 0 Å². The molecule has 2 aliphatic rings. The first-order valence-electron chi connectivity index (χ1n) is 7.46. The van der Waals surface area contributed by atoms with Crippen LogP contribution >= 0.6 is 0 Å². The lowest BCUT2D eigenvalue weighted by Gasteiger charge is -2.24. The number of hydrogen-bond acceptors (Lipinski definition) is 3. The zero-order valence-corrected chi connectivity index (χ0v) is 11.6. The summed E-state index contributed by atoms with van der Waals surface area (Å²) in [6, 6.07) is 8.02. The van der Waals surface area contributed by atoms with E-state index in [0.29, 0.717) is 12.8 Å². The first-order valence-corrected chi connectivity index (χ1v) is 7.46. The van der Waals surface area contributed by atoms with Crippen molar-refractivity contribution in [3.05, 3.63) is 24.3 Å². The third-order valence-corrected chi connectivity index (χ3v) is 4.38. The molecule has 0 aliphatic heterocycles. The van der Waals surface area contributed by atoms with Gasteiger partial charge in [0.05, 0.1) is 0 Å². The zero-order valence-electron chi connectivity index (χ0n) is 11.6. The fourth-order valence-corrected chi connectivity index (χ4v) is 3.39. The van der Waals surface area contributed by atoms with Crippen LogP contribution in [0.2, 0.25) is 0 Å². The maximum Gasteiger partial charge on any atom is 0.163 e. The number of hydrogen-bond donors (Lipinski definition) is 1. The summed E-state index contributed by atoms with van der Waals surface area (Å²) in [7, 11) is 0. The van der Waals surface area contributed by atoms with E-state index in [1.54, 1.807) is 0 Å². The summed E-state index contributed by atoms with van der Waals surface area (Å²) in [5.41, 5.74) is 0. The maximum atomic E-state index is 6.22. The van der Waals surface area contributed by atoms with Gasteiger partial charge in [-0.2, -0.15) is 0 Å². The largest absolute Gasteiger partial charge is 0.486 e. The lowest BCUT2D eigenvalue weighted by molar-refractivity contribution is 0.131. The summed E-state index contributed by atoms with van der Waals surface area (Å²) in [4.78, 5) is 0. The Hall–Kier alpha value is -1.22. The number of rotatable bonds is 6. The Balaban J connectivity index is 1.63. The smallest absolute Gasteiger partial charge is 0.163 e. The molecule has 104 valence electrons. The van der Waals surface area contributed by atoms with Crippen LogP contribution in [0.4, 0.5) is 0 Å². The Kier molecular flexibility index (Phi) is 3.92. The van der Waals surface area contributed by atoms with Gasteiger partial charge in [0, 0.05) is 0 Å². The van der Waals surface area contributed by atoms with Crippen LogP contribution in [0.15, 0.2) is 24.3 Å². The van der Waals surface area contributed by atoms with Crippen LogP contribution in [0, 0.1) is 11.8 Å². The van der Waals surface area contributed by atoms with Gasteiger partial charge < -0.3 is 9.47 Å². The highest BCUT2D eigenvalue weighted by Gasteiger charge is 2.41. The number of benzene rings is 1. The minimum Gasteiger partial charge on any atom is -0.486 e. The standard InChI is InChI=1S/C16H23NO2/c1-2-17-11-18-14-5-3-4-6-15(14)19-16-10-12-7-8-13(16)9-12/h3-6,12-13,16-17H,2,7-11H2,1H3. The van der Waals surface area contributed by atoms with E-state index < -0.39 is 0 Å². The quantitative estimate of drug-likeness (QED) is 0.630. The minimum atomic E-state index is 0.405. The summed E-state index contributed by atoms with van der Waals surface area (Å²) < 4.78 is 12.0. The summed E-state index contributed by atoms with van der Waals surface area (Å²) in [5.74, 6) is 3.43. The third kappa shape index (κ3) is 2.86. The van der Waals surface area contributed by atoms with E-state index in [0.717, 1.165) is 29.9 Å². The first-order chi connectivity index (χ1) is 9.36. The van der Waals surface area contributed by atoms with E-state index in [1.807, 2.05) is 24.3 Å². The fourth-order valence-electron chi connectivity index (χ4n) is 3.39. The van der Waals surface area contributed by atoms with Crippen molar-refractivity contribution < 1.29 is 9.47 Å². The van der Waals surface area contributed by atoms with Crippen LogP contribution in [0.1, 0.15) is 32.6 Å². The molecule has 0 aromatic heterocycles. The molecule has 0 radical (unpaired) electrons. The zero-order chi connectivity index (χ0) is 13.1. The Morgan fingerprint density at radius 1 is 1.16 bits per heavy atom. The molecule has 2 saturated carbocycles. The lowest BCUT2D eigenvalue weighted by Crippen LogP contribution is -2.24. The lowest BCUT2D eigenvalue weighted by atomic mass is 9.98. The van der Waals surface area contributed by atoms with Crippen LogP contribution in [-0.4, -0.2) is 19.4 Å². The van der Waals surface area contributed by atoms with Crippen molar-refractivity contribution in [1.29, 1.82) is 0 Å². The van der Waals surface area contributed by atoms with Crippen LogP contribution in [0.5, 0.6) is 11.5 Å². The molecule has 3 nitrogen and oxygen atoms in total. The van der Waals surface area contributed by atoms with Gasteiger partial charge in [-0.3, -0.25) is 5.32 Å². The molecule has 0 heterocycles. The van der Waals surface area contributed by atoms with Gasteiger partial charge in [0.1, 0.15) is 12.8 Å². The predicted molar refractivity (Wildman–Crippen MR) is 75.5 cm³/mol. The van der Waals surface area contributed by atoms with Crippen molar-refractivity contribution >= 4 is 0 Å². The molecule has 0 spiro atoms. The Labute approximate surface area is 115 Å². The van der Waals surface area contributed by atoms with Crippen molar-refractivity contribution in [1.82, 2.24) is 5.32 Å². The highest BCUT2D eigenvalue weighted by molar-refractivity contribution is 5.39. The van der Waals surface area contributed by atoms with Gasteiger partial charge in [-0.05, 0) is 56.2 Å². The van der Waals surface area contributed by atoms with Gasteiger partial charge in [0.15, 0.2) is 11.5 Å². The Morgan fingerprint density at radius 3 is 2.68 bits per heavy atom. The molecule has 3 rings (SSSR count). The second-order valence-corrected chi connectivity index (χ2v) is 5.67. The van der Waals surface area contributed by atoms with Crippen molar-refractivity contribution in [3.8, 4) is 11.5 Å². The SMILES string of the molecule is CCNCOc1ccccc1OC1CC2CCC1C2. The maximum absolute atomic E-state index is 6.22. The molecule has 2 aliphatic carbocycles. The summed E-state index contributed by atoms with van der Waals surface area (Å²) in [6.45, 7) is 3.52. The van der Waals surface area contributed by atoms with Gasteiger partial charge in [-0.1, -0.05) is 19.1 Å². The normalized spacial score (nSPS) is 28.6. The monoisotopic (exact) mass is 261 g/mol. The van der Waals surface area contributed by atoms with Crippen LogP contribution < -0.4 is 14.8 Å². The van der Waals surface area contributed by atoms with Crippen molar-refractivity contribution in [2.75, 3.05) is 13.3 Å². The van der Waals surface area contributed by atoms with E-state index in [-0.39, 0.29) is 0 Å². The molecule has 2 bridgehead atoms. The van der Waals surface area contributed by atoms with Gasteiger partial charge >= 0.3 is 0 Å². The van der Waals surface area contributed by atoms with Crippen molar-refractivity contribution in [3.63, 3.8) is 0 Å². The van der Waals surface area contributed by atoms with Gasteiger partial charge in [-0.25, -0.2) is 0 Å². The second-order valence-electron chi connectivity index (χ2n) is 5.67. The molecular weight excluding hydrogens is 238 g/mol. The summed E-state index contributed by atoms with van der Waals surface area (Å²) >= 11 is 0. The summed E-state index contributed by atoms with van der Waals surface area (Å²) in [5, 5.41) is 3.17. The fraction of sp³-hybridized carbons (Fsp3) is 0.625. The minimum absolute atomic E-state index is 0.405. The molecule has 3 atom stereocenters. The van der Waals surface area contributed by atoms with Crippen LogP contribution in [0.3, 0.4) is 0 Å². The molecule has 3 unspecified atom stereocenters. The molecular formula is C16H23NO2. The van der Waals surface area contributed by atoms with Crippen LogP contribution in [-0.2, 0) is 0 Å². The van der Waals surface area contributed by atoms with Crippen molar-refractivity contribution in [2.24, 2.45) is 11.8 Å². The average Bonchev–Trinajstić information content (AvgIpc) is 3.03. The molecule has 0 amide bonds. The highest BCUT2D eigenvalue weighted by Crippen LogP contribution is 2.46. The highest BCUT2D eigenvalue weighted by atomic mass is 16.5.